The van der Waals surface area contributed by atoms with E-state index in [0.29, 0.717) is 50.4 Å². The molecule has 1 heterocycles. The zero-order valence-electron chi connectivity index (χ0n) is 29.2. The molecule has 0 saturated heterocycles. The number of unbranched alkanes of at least 4 members (excludes halogenated alkanes) is 5. The maximum Gasteiger partial charge on any atom is 0.308 e. The van der Waals surface area contributed by atoms with Crippen LogP contribution in [0.2, 0.25) is 0 Å². The number of aryl methyl sites for hydroxylation is 1. The van der Waals surface area contributed by atoms with E-state index in [-0.39, 0.29) is 23.6 Å². The number of carbonyl (C=O) groups excluding carboxylic acids is 3. The van der Waals surface area contributed by atoms with Gasteiger partial charge in [0.15, 0.2) is 5.78 Å². The number of ketones is 1. The van der Waals surface area contributed by atoms with Crippen molar-refractivity contribution in [2.45, 2.75) is 89.9 Å². The van der Waals surface area contributed by atoms with Gasteiger partial charge in [-0.3, -0.25) is 14.4 Å². The highest BCUT2D eigenvalue weighted by Gasteiger charge is 2.24. The molecule has 4 rings (SSSR count). The number of fused-ring (bicyclic) bond motifs is 1. The van der Waals surface area contributed by atoms with Crippen molar-refractivity contribution in [1.82, 2.24) is 0 Å². The van der Waals surface area contributed by atoms with Crippen LogP contribution in [0.3, 0.4) is 0 Å². The fraction of sp³-hybridized carbons (Fsp3) is 0.488. The highest BCUT2D eigenvalue weighted by molar-refractivity contribution is 6.00. The van der Waals surface area contributed by atoms with Crippen LogP contribution in [0.15, 0.2) is 66.7 Å². The summed E-state index contributed by atoms with van der Waals surface area (Å²) in [5.41, 5.74) is 3.94. The lowest BCUT2D eigenvalue weighted by atomic mass is 9.93. The van der Waals surface area contributed by atoms with Gasteiger partial charge in [0.05, 0.1) is 45.5 Å². The maximum absolute atomic E-state index is 12.7. The first-order valence-corrected chi connectivity index (χ1v) is 17.8. The molecule has 1 aliphatic heterocycles. The molecule has 0 radical (unpaired) electrons. The first-order chi connectivity index (χ1) is 24.0. The smallest absolute Gasteiger partial charge is 0.308 e. The van der Waals surface area contributed by atoms with Crippen molar-refractivity contribution in [1.29, 1.82) is 0 Å². The third kappa shape index (κ3) is 12.3. The Hall–Kier alpha value is -4.33. The normalized spacial score (nSPS) is 12.8. The molecule has 0 saturated carbocycles. The summed E-state index contributed by atoms with van der Waals surface area (Å²) >= 11 is 0. The second-order valence-electron chi connectivity index (χ2n) is 12.6. The molecule has 8 nitrogen and oxygen atoms in total. The fourth-order valence-corrected chi connectivity index (χ4v) is 6.27. The van der Waals surface area contributed by atoms with Crippen LogP contribution in [0.1, 0.15) is 97.7 Å². The Morgan fingerprint density at radius 2 is 1.45 bits per heavy atom. The Morgan fingerprint density at radius 3 is 2.22 bits per heavy atom. The number of Topliss-reactive ketones (excluding diaryl/α,β-unsaturated/α-hetero) is 1. The number of ether oxygens (including phenoxy) is 5. The number of methoxy groups -OCH3 is 2. The molecule has 0 aromatic heterocycles. The van der Waals surface area contributed by atoms with E-state index in [2.05, 4.69) is 24.3 Å². The van der Waals surface area contributed by atoms with Crippen LogP contribution >= 0.6 is 0 Å². The molecule has 0 spiro atoms. The third-order valence-corrected chi connectivity index (χ3v) is 9.02. The first-order valence-electron chi connectivity index (χ1n) is 17.8. The molecule has 3 aromatic rings. The molecule has 0 aliphatic carbocycles. The Bertz CT molecular complexity index is 1470. The van der Waals surface area contributed by atoms with Crippen LogP contribution in [-0.4, -0.2) is 51.8 Å². The monoisotopic (exact) mass is 672 g/mol. The van der Waals surface area contributed by atoms with E-state index < -0.39 is 0 Å². The van der Waals surface area contributed by atoms with Crippen molar-refractivity contribution in [3.63, 3.8) is 0 Å². The van der Waals surface area contributed by atoms with Gasteiger partial charge in [-0.05, 0) is 87.1 Å². The van der Waals surface area contributed by atoms with Gasteiger partial charge in [-0.2, -0.15) is 0 Å². The second kappa shape index (κ2) is 20.9. The van der Waals surface area contributed by atoms with Crippen LogP contribution in [-0.2, 0) is 38.3 Å². The van der Waals surface area contributed by atoms with Gasteiger partial charge in [-0.1, -0.05) is 67.8 Å². The van der Waals surface area contributed by atoms with E-state index in [1.807, 2.05) is 42.5 Å². The van der Waals surface area contributed by atoms with Crippen LogP contribution in [0.5, 0.6) is 17.2 Å². The van der Waals surface area contributed by atoms with Gasteiger partial charge >= 0.3 is 11.9 Å². The lowest BCUT2D eigenvalue weighted by Gasteiger charge is -2.22. The van der Waals surface area contributed by atoms with E-state index in [1.165, 1.54) is 19.8 Å². The van der Waals surface area contributed by atoms with Gasteiger partial charge in [-0.25, -0.2) is 0 Å². The lowest BCUT2D eigenvalue weighted by molar-refractivity contribution is -0.145. The lowest BCUT2D eigenvalue weighted by Crippen LogP contribution is -2.19. The summed E-state index contributed by atoms with van der Waals surface area (Å²) in [6.45, 7) is 1.53. The second-order valence-corrected chi connectivity index (χ2v) is 12.6. The Labute approximate surface area is 291 Å². The molecule has 1 atom stereocenters. The van der Waals surface area contributed by atoms with Crippen molar-refractivity contribution in [3.8, 4) is 17.2 Å². The summed E-state index contributed by atoms with van der Waals surface area (Å²) < 4.78 is 28.2. The van der Waals surface area contributed by atoms with E-state index in [4.69, 9.17) is 23.7 Å². The minimum absolute atomic E-state index is 0.127. The summed E-state index contributed by atoms with van der Waals surface area (Å²) in [5, 5.41) is 0. The van der Waals surface area contributed by atoms with Gasteiger partial charge < -0.3 is 23.7 Å². The molecule has 49 heavy (non-hydrogen) atoms. The van der Waals surface area contributed by atoms with E-state index in [0.717, 1.165) is 93.3 Å². The van der Waals surface area contributed by atoms with Crippen LogP contribution in [0.4, 0.5) is 0 Å². The van der Waals surface area contributed by atoms with Crippen molar-refractivity contribution in [3.05, 3.63) is 89.0 Å². The molecule has 0 bridgehead atoms. The van der Waals surface area contributed by atoms with Crippen LogP contribution in [0, 0.1) is 5.92 Å². The molecule has 0 fully saturated rings. The van der Waals surface area contributed by atoms with Crippen molar-refractivity contribution < 1.29 is 38.1 Å². The predicted octanol–water partition coefficient (Wildman–Crippen LogP) is 8.30. The molecule has 1 unspecified atom stereocenters. The highest BCUT2D eigenvalue weighted by Crippen LogP contribution is 2.37. The SMILES string of the molecule is COC(=O)CCCCCOc1ccccc1CC(CCCCCCOc1ccc2c(c1CCCc1ccccc1)OCCC2=O)C(=O)OC. The molecule has 1 aliphatic rings. The average molecular weight is 673 g/mol. The van der Waals surface area contributed by atoms with Crippen molar-refractivity contribution in [2.24, 2.45) is 5.92 Å². The minimum atomic E-state index is -0.247. The first kappa shape index (κ1) is 37.5. The standard InChI is InChI=1S/C41H52O8/c1-45-39(43)23-10-6-14-27-47-37-22-12-11-19-32(37)30-33(41(44)46-2)20-9-3-4-13-28-48-38-25-24-34-36(42)26-29-49-40(34)35(38)21-15-18-31-16-7-5-8-17-31/h5,7-8,11-12,16-17,19,22,24-25,33H,3-4,6,9-10,13-15,18,20-21,23,26-30H2,1-2H3. The molecule has 264 valence electrons. The molecule has 0 amide bonds. The van der Waals surface area contributed by atoms with Gasteiger partial charge in [0.2, 0.25) is 0 Å². The predicted molar refractivity (Wildman–Crippen MR) is 190 cm³/mol. The highest BCUT2D eigenvalue weighted by atomic mass is 16.5. The van der Waals surface area contributed by atoms with Gasteiger partial charge in [0, 0.05) is 18.4 Å². The van der Waals surface area contributed by atoms with Crippen molar-refractivity contribution >= 4 is 17.7 Å². The largest absolute Gasteiger partial charge is 0.493 e. The molecular weight excluding hydrogens is 620 g/mol. The van der Waals surface area contributed by atoms with Gasteiger partial charge in [0.1, 0.15) is 17.2 Å². The summed E-state index contributed by atoms with van der Waals surface area (Å²) in [6.07, 6.45) is 11.0. The zero-order valence-corrected chi connectivity index (χ0v) is 29.2. The van der Waals surface area contributed by atoms with E-state index >= 15 is 0 Å². The quantitative estimate of drug-likeness (QED) is 0.0777. The topological polar surface area (TPSA) is 97.4 Å². The average Bonchev–Trinajstić information content (AvgIpc) is 3.13. The van der Waals surface area contributed by atoms with E-state index in [1.54, 1.807) is 0 Å². The van der Waals surface area contributed by atoms with Crippen molar-refractivity contribution in [2.75, 3.05) is 34.0 Å². The van der Waals surface area contributed by atoms with Gasteiger partial charge in [0.25, 0.3) is 0 Å². The van der Waals surface area contributed by atoms with Crippen LogP contribution in [0.25, 0.3) is 0 Å². The molecule has 3 aromatic carbocycles. The van der Waals surface area contributed by atoms with E-state index in [9.17, 15) is 14.4 Å². The number of carbonyl (C=O) groups is 3. The number of hydrogen-bond donors (Lipinski definition) is 0. The van der Waals surface area contributed by atoms with Crippen LogP contribution < -0.4 is 14.2 Å². The number of hydrogen-bond acceptors (Lipinski definition) is 8. The summed E-state index contributed by atoms with van der Waals surface area (Å²) in [4.78, 5) is 36.6. The molecule has 0 N–H and O–H groups in total. The Balaban J connectivity index is 1.22. The number of rotatable bonds is 22. The zero-order chi connectivity index (χ0) is 34.7. The third-order valence-electron chi connectivity index (χ3n) is 9.02. The summed E-state index contributed by atoms with van der Waals surface area (Å²) in [7, 11) is 2.85. The Morgan fingerprint density at radius 1 is 0.735 bits per heavy atom. The summed E-state index contributed by atoms with van der Waals surface area (Å²) in [5.74, 6) is 1.78. The minimum Gasteiger partial charge on any atom is -0.493 e. The fourth-order valence-electron chi connectivity index (χ4n) is 6.27. The number of para-hydroxylation sites is 1. The number of esters is 2. The number of benzene rings is 3. The Kier molecular flexibility index (Phi) is 16.0. The molecular formula is C41H52O8. The molecule has 8 heteroatoms. The summed E-state index contributed by atoms with van der Waals surface area (Å²) in [6, 6.07) is 22.1. The van der Waals surface area contributed by atoms with Gasteiger partial charge in [-0.15, -0.1) is 0 Å². The maximum atomic E-state index is 12.7.